The van der Waals surface area contributed by atoms with Crippen LogP contribution in [0.1, 0.15) is 37.3 Å². The van der Waals surface area contributed by atoms with Gasteiger partial charge in [0.2, 0.25) is 0 Å². The van der Waals surface area contributed by atoms with Crippen LogP contribution in [0.4, 0.5) is 0 Å². The molecule has 1 aliphatic heterocycles. The Hall–Kier alpha value is -1.17. The van der Waals surface area contributed by atoms with Crippen LogP contribution < -0.4 is 10.5 Å². The Bertz CT molecular complexity index is 517. The molecule has 3 N–H and O–H groups in total. The smallest absolute Gasteiger partial charge is 0.123 e. The van der Waals surface area contributed by atoms with Crippen molar-refractivity contribution in [1.82, 2.24) is 4.90 Å². The number of nitrogens with two attached hydrogens (primary N) is 1. The van der Waals surface area contributed by atoms with Crippen LogP contribution in [0.3, 0.4) is 0 Å². The lowest BCUT2D eigenvalue weighted by Gasteiger charge is -2.23. The topological polar surface area (TPSA) is 58.7 Å². The molecule has 0 amide bonds. The summed E-state index contributed by atoms with van der Waals surface area (Å²) in [5, 5.41) is 10.2. The van der Waals surface area contributed by atoms with Gasteiger partial charge in [0.15, 0.2) is 0 Å². The predicted molar refractivity (Wildman–Crippen MR) is 88.6 cm³/mol. The van der Waals surface area contributed by atoms with Gasteiger partial charge < -0.3 is 15.6 Å². The number of hydrogen-bond acceptors (Lipinski definition) is 4. The summed E-state index contributed by atoms with van der Waals surface area (Å²) < 4.78 is 5.43. The van der Waals surface area contributed by atoms with Crippen molar-refractivity contribution in [3.05, 3.63) is 29.3 Å². The molecule has 0 spiro atoms. The van der Waals surface area contributed by atoms with E-state index in [4.69, 9.17) is 22.7 Å². The van der Waals surface area contributed by atoms with Gasteiger partial charge in [0, 0.05) is 24.2 Å². The predicted octanol–water partition coefficient (Wildman–Crippen LogP) is 2.07. The minimum atomic E-state index is -0.542. The molecule has 0 aromatic heterocycles. The first-order valence-electron chi connectivity index (χ1n) is 7.33. The first-order valence-corrected chi connectivity index (χ1v) is 7.73. The van der Waals surface area contributed by atoms with Gasteiger partial charge in [-0.05, 0) is 50.9 Å². The van der Waals surface area contributed by atoms with Gasteiger partial charge in [-0.1, -0.05) is 12.2 Å². The molecule has 5 heteroatoms. The third-order valence-corrected chi connectivity index (χ3v) is 4.35. The van der Waals surface area contributed by atoms with Crippen molar-refractivity contribution < 1.29 is 9.84 Å². The molecule has 1 aliphatic rings. The quantitative estimate of drug-likeness (QED) is 0.834. The van der Waals surface area contributed by atoms with Crippen LogP contribution in [-0.2, 0) is 6.54 Å². The minimum Gasteiger partial charge on any atom is -0.496 e. The number of nitrogens with zero attached hydrogens (tertiary/aromatic N) is 1. The molecule has 1 heterocycles. The van der Waals surface area contributed by atoms with Crippen LogP contribution in [0, 0.1) is 0 Å². The van der Waals surface area contributed by atoms with Crippen LogP contribution in [0.5, 0.6) is 5.75 Å². The van der Waals surface area contributed by atoms with E-state index in [0.717, 1.165) is 55.8 Å². The zero-order valence-electron chi connectivity index (χ0n) is 12.8. The summed E-state index contributed by atoms with van der Waals surface area (Å²) in [6.45, 7) is 4.57. The molecule has 1 saturated heterocycles. The molecular formula is C16H24N2O2S. The number of methoxy groups -OCH3 is 1. The molecule has 0 saturated carbocycles. The van der Waals surface area contributed by atoms with Gasteiger partial charge in [0.05, 0.1) is 12.7 Å². The molecular weight excluding hydrogens is 284 g/mol. The van der Waals surface area contributed by atoms with Gasteiger partial charge in [-0.15, -0.1) is 0 Å². The Labute approximate surface area is 131 Å². The number of likely N-dealkylation sites (tertiary alicyclic amines) is 1. The fourth-order valence-corrected chi connectivity index (χ4v) is 2.90. The molecule has 1 aromatic carbocycles. The number of thiocarbonyl (C=S) groups is 1. The van der Waals surface area contributed by atoms with Crippen molar-refractivity contribution in [3.8, 4) is 5.75 Å². The van der Waals surface area contributed by atoms with Gasteiger partial charge in [0.25, 0.3) is 0 Å². The molecule has 0 radical (unpaired) electrons. The fraction of sp³-hybridized carbons (Fsp3) is 0.562. The van der Waals surface area contributed by atoms with Gasteiger partial charge >= 0.3 is 0 Å². The van der Waals surface area contributed by atoms with E-state index in [9.17, 15) is 5.11 Å². The van der Waals surface area contributed by atoms with E-state index >= 15 is 0 Å². The Balaban J connectivity index is 2.14. The maximum absolute atomic E-state index is 10.2. The van der Waals surface area contributed by atoms with E-state index in [1.807, 2.05) is 25.1 Å². The average Bonchev–Trinajstić information content (AvgIpc) is 2.60. The molecule has 0 bridgehead atoms. The van der Waals surface area contributed by atoms with Gasteiger partial charge in [-0.3, -0.25) is 4.90 Å². The third-order valence-electron chi connectivity index (χ3n) is 4.12. The summed E-state index contributed by atoms with van der Waals surface area (Å²) in [5.41, 5.74) is 7.12. The molecule has 116 valence electrons. The Kier molecular flexibility index (Phi) is 5.19. The van der Waals surface area contributed by atoms with Gasteiger partial charge in [-0.2, -0.15) is 0 Å². The first-order chi connectivity index (χ1) is 9.91. The second-order valence-corrected chi connectivity index (χ2v) is 6.46. The van der Waals surface area contributed by atoms with Crippen LogP contribution in [0.25, 0.3) is 0 Å². The van der Waals surface area contributed by atoms with E-state index in [-0.39, 0.29) is 0 Å². The molecule has 4 nitrogen and oxygen atoms in total. The summed E-state index contributed by atoms with van der Waals surface area (Å²) in [6, 6.07) is 5.81. The Morgan fingerprint density at radius 1 is 1.43 bits per heavy atom. The summed E-state index contributed by atoms with van der Waals surface area (Å²) in [4.78, 5) is 2.75. The maximum Gasteiger partial charge on any atom is 0.123 e. The van der Waals surface area contributed by atoms with Crippen molar-refractivity contribution >= 4 is 17.2 Å². The lowest BCUT2D eigenvalue weighted by molar-refractivity contribution is 0.0444. The van der Waals surface area contributed by atoms with E-state index in [0.29, 0.717) is 4.99 Å². The lowest BCUT2D eigenvalue weighted by atomic mass is 9.98. The number of aliphatic hydroxyl groups is 1. The monoisotopic (exact) mass is 308 g/mol. The molecule has 1 unspecified atom stereocenters. The molecule has 2 rings (SSSR count). The van der Waals surface area contributed by atoms with Crippen LogP contribution in [0.2, 0.25) is 0 Å². The van der Waals surface area contributed by atoms with Gasteiger partial charge in [0.1, 0.15) is 10.7 Å². The standard InChI is InChI=1S/C16H24N2O2S/c1-16(19)6-3-8-18(9-7-16)11-13-10-12(15(17)21)4-5-14(13)20-2/h4-5,10,19H,3,6-9,11H2,1-2H3,(H2,17,21). The highest BCUT2D eigenvalue weighted by molar-refractivity contribution is 7.80. The highest BCUT2D eigenvalue weighted by atomic mass is 32.1. The van der Waals surface area contributed by atoms with Gasteiger partial charge in [-0.25, -0.2) is 0 Å². The minimum absolute atomic E-state index is 0.401. The van der Waals surface area contributed by atoms with E-state index in [2.05, 4.69) is 4.90 Å². The summed E-state index contributed by atoms with van der Waals surface area (Å²) >= 11 is 5.05. The fourth-order valence-electron chi connectivity index (χ4n) is 2.77. The number of benzene rings is 1. The first kappa shape index (κ1) is 16.2. The van der Waals surface area contributed by atoms with Crippen molar-refractivity contribution in [2.45, 2.75) is 38.3 Å². The summed E-state index contributed by atoms with van der Waals surface area (Å²) in [7, 11) is 1.67. The highest BCUT2D eigenvalue weighted by Gasteiger charge is 2.25. The van der Waals surface area contributed by atoms with Crippen molar-refractivity contribution in [3.63, 3.8) is 0 Å². The Morgan fingerprint density at radius 2 is 2.19 bits per heavy atom. The second kappa shape index (κ2) is 6.73. The number of ether oxygens (including phenoxy) is 1. The SMILES string of the molecule is COc1ccc(C(N)=S)cc1CN1CCCC(C)(O)CC1. The maximum atomic E-state index is 10.2. The number of hydrogen-bond donors (Lipinski definition) is 2. The molecule has 1 aromatic rings. The second-order valence-electron chi connectivity index (χ2n) is 6.02. The molecule has 1 atom stereocenters. The van der Waals surface area contributed by atoms with E-state index < -0.39 is 5.60 Å². The van der Waals surface area contributed by atoms with Crippen LogP contribution in [-0.4, -0.2) is 40.8 Å². The summed E-state index contributed by atoms with van der Waals surface area (Å²) in [6.07, 6.45) is 2.65. The summed E-state index contributed by atoms with van der Waals surface area (Å²) in [5.74, 6) is 0.853. The van der Waals surface area contributed by atoms with E-state index in [1.165, 1.54) is 0 Å². The third kappa shape index (κ3) is 4.40. The van der Waals surface area contributed by atoms with Crippen LogP contribution in [0.15, 0.2) is 18.2 Å². The zero-order valence-corrected chi connectivity index (χ0v) is 13.6. The molecule has 21 heavy (non-hydrogen) atoms. The van der Waals surface area contributed by atoms with Crippen molar-refractivity contribution in [2.75, 3.05) is 20.2 Å². The molecule has 0 aliphatic carbocycles. The number of rotatable bonds is 4. The Morgan fingerprint density at radius 3 is 2.86 bits per heavy atom. The molecule has 1 fully saturated rings. The average molecular weight is 308 g/mol. The highest BCUT2D eigenvalue weighted by Crippen LogP contribution is 2.26. The largest absolute Gasteiger partial charge is 0.496 e. The lowest BCUT2D eigenvalue weighted by Crippen LogP contribution is -2.28. The zero-order chi connectivity index (χ0) is 15.5. The van der Waals surface area contributed by atoms with E-state index in [1.54, 1.807) is 7.11 Å². The van der Waals surface area contributed by atoms with Crippen molar-refractivity contribution in [1.29, 1.82) is 0 Å². The van der Waals surface area contributed by atoms with Crippen LogP contribution >= 0.6 is 12.2 Å². The normalized spacial score (nSPS) is 23.6. The van der Waals surface area contributed by atoms with Crippen molar-refractivity contribution in [2.24, 2.45) is 5.73 Å².